The standard InChI is InChI=1S/C11H11FO3/c1-15-9-4-2-3-8(12)10(9)6-5-7(6)11(13)14/h2-4,6-7H,5H2,1H3,(H,13,14). The van der Waals surface area contributed by atoms with Gasteiger partial charge in [0.15, 0.2) is 0 Å². The number of benzene rings is 1. The van der Waals surface area contributed by atoms with Gasteiger partial charge in [-0.25, -0.2) is 4.39 Å². The Labute approximate surface area is 86.5 Å². The summed E-state index contributed by atoms with van der Waals surface area (Å²) >= 11 is 0. The Morgan fingerprint density at radius 2 is 2.33 bits per heavy atom. The second-order valence-corrected chi connectivity index (χ2v) is 3.64. The minimum absolute atomic E-state index is 0.237. The number of rotatable bonds is 3. The predicted molar refractivity (Wildman–Crippen MR) is 51.4 cm³/mol. The molecule has 2 atom stereocenters. The molecule has 1 aromatic carbocycles. The molecule has 0 heterocycles. The van der Waals surface area contributed by atoms with Crippen molar-refractivity contribution in [1.82, 2.24) is 0 Å². The summed E-state index contributed by atoms with van der Waals surface area (Å²) in [7, 11) is 1.45. The first-order valence-corrected chi connectivity index (χ1v) is 4.70. The van der Waals surface area contributed by atoms with Gasteiger partial charge >= 0.3 is 5.97 Å². The van der Waals surface area contributed by atoms with Crippen LogP contribution in [-0.4, -0.2) is 18.2 Å². The van der Waals surface area contributed by atoms with E-state index < -0.39 is 11.9 Å². The SMILES string of the molecule is COc1cccc(F)c1C1CC1C(=O)O. The van der Waals surface area contributed by atoms with Crippen molar-refractivity contribution in [3.63, 3.8) is 0 Å². The molecule has 0 aromatic heterocycles. The summed E-state index contributed by atoms with van der Waals surface area (Å²) in [4.78, 5) is 10.7. The molecule has 1 aliphatic rings. The molecule has 15 heavy (non-hydrogen) atoms. The Bertz CT molecular complexity index is 403. The lowest BCUT2D eigenvalue weighted by molar-refractivity contribution is -0.138. The Balaban J connectivity index is 2.33. The quantitative estimate of drug-likeness (QED) is 0.830. The lowest BCUT2D eigenvalue weighted by Crippen LogP contribution is -2.01. The summed E-state index contributed by atoms with van der Waals surface area (Å²) in [5.74, 6) is -1.52. The number of ether oxygens (including phenoxy) is 1. The van der Waals surface area contributed by atoms with Crippen LogP contribution in [0, 0.1) is 11.7 Å². The van der Waals surface area contributed by atoms with E-state index in [0.717, 1.165) is 0 Å². The highest BCUT2D eigenvalue weighted by Gasteiger charge is 2.46. The fraction of sp³-hybridized carbons (Fsp3) is 0.364. The molecule has 1 saturated carbocycles. The lowest BCUT2D eigenvalue weighted by Gasteiger charge is -2.08. The Hall–Kier alpha value is -1.58. The zero-order valence-electron chi connectivity index (χ0n) is 8.24. The summed E-state index contributed by atoms with van der Waals surface area (Å²) in [5.41, 5.74) is 0.396. The molecule has 0 aliphatic heterocycles. The normalized spacial score (nSPS) is 23.6. The van der Waals surface area contributed by atoms with Crippen LogP contribution in [0.3, 0.4) is 0 Å². The van der Waals surface area contributed by atoms with E-state index in [1.165, 1.54) is 13.2 Å². The number of hydrogen-bond acceptors (Lipinski definition) is 2. The molecular formula is C11H11FO3. The molecular weight excluding hydrogens is 199 g/mol. The van der Waals surface area contributed by atoms with Gasteiger partial charge in [-0.05, 0) is 18.6 Å². The van der Waals surface area contributed by atoms with Crippen LogP contribution in [-0.2, 0) is 4.79 Å². The molecule has 3 nitrogen and oxygen atoms in total. The van der Waals surface area contributed by atoms with Gasteiger partial charge in [0.2, 0.25) is 0 Å². The maximum atomic E-state index is 13.5. The van der Waals surface area contributed by atoms with Crippen LogP contribution in [0.15, 0.2) is 18.2 Å². The summed E-state index contributed by atoms with van der Waals surface area (Å²) in [6.45, 7) is 0. The molecule has 0 radical (unpaired) electrons. The highest BCUT2D eigenvalue weighted by molar-refractivity contribution is 5.75. The molecule has 2 rings (SSSR count). The second-order valence-electron chi connectivity index (χ2n) is 3.64. The number of methoxy groups -OCH3 is 1. The molecule has 1 fully saturated rings. The zero-order valence-corrected chi connectivity index (χ0v) is 8.24. The first kappa shape index (κ1) is 9.96. The fourth-order valence-corrected chi connectivity index (χ4v) is 1.84. The van der Waals surface area contributed by atoms with Crippen molar-refractivity contribution >= 4 is 5.97 Å². The van der Waals surface area contributed by atoms with Crippen LogP contribution in [0.5, 0.6) is 5.75 Å². The van der Waals surface area contributed by atoms with E-state index in [0.29, 0.717) is 17.7 Å². The lowest BCUT2D eigenvalue weighted by atomic mass is 10.1. The maximum Gasteiger partial charge on any atom is 0.307 e. The largest absolute Gasteiger partial charge is 0.496 e. The van der Waals surface area contributed by atoms with E-state index in [-0.39, 0.29) is 11.7 Å². The van der Waals surface area contributed by atoms with Crippen molar-refractivity contribution in [1.29, 1.82) is 0 Å². The topological polar surface area (TPSA) is 46.5 Å². The van der Waals surface area contributed by atoms with E-state index >= 15 is 0 Å². The summed E-state index contributed by atoms with van der Waals surface area (Å²) in [5, 5.41) is 8.78. The Morgan fingerprint density at radius 3 is 2.87 bits per heavy atom. The zero-order chi connectivity index (χ0) is 11.0. The highest BCUT2D eigenvalue weighted by atomic mass is 19.1. The van der Waals surface area contributed by atoms with Crippen molar-refractivity contribution in [2.24, 2.45) is 5.92 Å². The van der Waals surface area contributed by atoms with Gasteiger partial charge in [0.25, 0.3) is 0 Å². The first-order valence-electron chi connectivity index (χ1n) is 4.70. The van der Waals surface area contributed by atoms with Crippen LogP contribution < -0.4 is 4.74 Å². The average Bonchev–Trinajstić information content (AvgIpc) is 2.96. The van der Waals surface area contributed by atoms with Crippen molar-refractivity contribution in [2.75, 3.05) is 7.11 Å². The second kappa shape index (κ2) is 3.53. The van der Waals surface area contributed by atoms with Crippen LogP contribution >= 0.6 is 0 Å². The van der Waals surface area contributed by atoms with Gasteiger partial charge in [-0.2, -0.15) is 0 Å². The van der Waals surface area contributed by atoms with E-state index in [2.05, 4.69) is 0 Å². The van der Waals surface area contributed by atoms with E-state index in [9.17, 15) is 9.18 Å². The molecule has 0 bridgehead atoms. The molecule has 80 valence electrons. The number of carboxylic acid groups (broad SMARTS) is 1. The number of aliphatic carboxylic acids is 1. The van der Waals surface area contributed by atoms with Gasteiger partial charge in [0.1, 0.15) is 11.6 Å². The van der Waals surface area contributed by atoms with E-state index in [1.54, 1.807) is 12.1 Å². The summed E-state index contributed by atoms with van der Waals surface area (Å²) in [6, 6.07) is 4.53. The van der Waals surface area contributed by atoms with E-state index in [1.807, 2.05) is 0 Å². The number of carbonyl (C=O) groups is 1. The third kappa shape index (κ3) is 1.67. The van der Waals surface area contributed by atoms with Gasteiger partial charge in [-0.15, -0.1) is 0 Å². The molecule has 2 unspecified atom stereocenters. The molecule has 0 amide bonds. The Kier molecular flexibility index (Phi) is 2.34. The number of halogens is 1. The number of hydrogen-bond donors (Lipinski definition) is 1. The van der Waals surface area contributed by atoms with Gasteiger partial charge in [-0.3, -0.25) is 4.79 Å². The van der Waals surface area contributed by atoms with Gasteiger partial charge in [-0.1, -0.05) is 6.07 Å². The third-order valence-corrected chi connectivity index (χ3v) is 2.71. The van der Waals surface area contributed by atoms with Crippen LogP contribution in [0.2, 0.25) is 0 Å². The first-order chi connectivity index (χ1) is 7.15. The summed E-state index contributed by atoms with van der Waals surface area (Å²) < 4.78 is 18.5. The van der Waals surface area contributed by atoms with Crippen molar-refractivity contribution in [2.45, 2.75) is 12.3 Å². The monoisotopic (exact) mass is 210 g/mol. The molecule has 0 spiro atoms. The van der Waals surface area contributed by atoms with E-state index in [4.69, 9.17) is 9.84 Å². The minimum Gasteiger partial charge on any atom is -0.496 e. The third-order valence-electron chi connectivity index (χ3n) is 2.71. The highest BCUT2D eigenvalue weighted by Crippen LogP contribution is 2.51. The molecule has 1 N–H and O–H groups in total. The van der Waals surface area contributed by atoms with Gasteiger partial charge in [0.05, 0.1) is 13.0 Å². The summed E-state index contributed by atoms with van der Waals surface area (Å²) in [6.07, 6.45) is 0.493. The average molecular weight is 210 g/mol. The van der Waals surface area contributed by atoms with Gasteiger partial charge < -0.3 is 9.84 Å². The minimum atomic E-state index is -0.870. The molecule has 0 saturated heterocycles. The van der Waals surface area contributed by atoms with Crippen LogP contribution in [0.1, 0.15) is 17.9 Å². The predicted octanol–water partition coefficient (Wildman–Crippen LogP) is 2.02. The maximum absolute atomic E-state index is 13.5. The fourth-order valence-electron chi connectivity index (χ4n) is 1.84. The molecule has 4 heteroatoms. The van der Waals surface area contributed by atoms with Crippen LogP contribution in [0.4, 0.5) is 4.39 Å². The van der Waals surface area contributed by atoms with Crippen LogP contribution in [0.25, 0.3) is 0 Å². The van der Waals surface area contributed by atoms with Crippen molar-refractivity contribution in [3.05, 3.63) is 29.6 Å². The molecule has 1 aromatic rings. The smallest absolute Gasteiger partial charge is 0.307 e. The van der Waals surface area contributed by atoms with Crippen molar-refractivity contribution in [3.8, 4) is 5.75 Å². The Morgan fingerprint density at radius 1 is 1.60 bits per heavy atom. The number of carboxylic acids is 1. The van der Waals surface area contributed by atoms with Gasteiger partial charge in [0, 0.05) is 11.5 Å². The molecule has 1 aliphatic carbocycles. The van der Waals surface area contributed by atoms with Crippen molar-refractivity contribution < 1.29 is 19.0 Å².